The lowest BCUT2D eigenvalue weighted by molar-refractivity contribution is 0.568. The topological polar surface area (TPSA) is 78.7 Å². The summed E-state index contributed by atoms with van der Waals surface area (Å²) in [6, 6.07) is 0. The summed E-state index contributed by atoms with van der Waals surface area (Å²) in [6.07, 6.45) is 1.00. The Kier molecular flexibility index (Phi) is 575. The fraction of sp³-hybridized carbons (Fsp3) is 0. The molecule has 0 unspecified atom stereocenters. The summed E-state index contributed by atoms with van der Waals surface area (Å²) < 4.78 is 0. The highest BCUT2D eigenvalue weighted by molar-refractivity contribution is 5.85. The van der Waals surface area contributed by atoms with Crippen LogP contribution in [0.3, 0.4) is 0 Å². The highest BCUT2D eigenvalue weighted by Crippen LogP contribution is 0.952. The first-order chi connectivity index (χ1) is 2.83. The van der Waals surface area contributed by atoms with Gasteiger partial charge >= 0.3 is 0 Å². The Hall–Kier alpha value is -0.443. The average Bonchev–Trinajstić information content (AvgIpc) is 1.39. The first-order valence-corrected chi connectivity index (χ1v) is 0.855. The van der Waals surface area contributed by atoms with Crippen molar-refractivity contribution >= 4 is 47.9 Å². The number of isocyanates is 2. The maximum Gasteiger partial charge on any atom is 0 e. The number of carbonyl (C=O) groups excluding carboxylic acids is 2. The molecule has 0 aliphatic carbocycles. The quantitative estimate of drug-likeness (QED) is 0.308. The molecule has 0 heterocycles. The third-order valence-corrected chi connectivity index (χ3v) is 0. The van der Waals surface area contributed by atoms with E-state index in [0.717, 1.165) is 0 Å². The van der Waals surface area contributed by atoms with Crippen LogP contribution in [0.5, 0.6) is 0 Å². The Labute approximate surface area is 68.9 Å². The summed E-state index contributed by atoms with van der Waals surface area (Å²) in [4.78, 5) is 16.5. The van der Waals surface area contributed by atoms with Crippen molar-refractivity contribution in [3.63, 3.8) is 0 Å². The highest BCUT2D eigenvalue weighted by Gasteiger charge is 0.793. The minimum absolute atomic E-state index is 0. The van der Waals surface area contributed by atoms with E-state index in [9.17, 15) is 0 Å². The van der Waals surface area contributed by atoms with Gasteiger partial charge in [0, 0.05) is 11.0 Å². The van der Waals surface area contributed by atoms with E-state index < -0.39 is 0 Å². The van der Waals surface area contributed by atoms with Gasteiger partial charge in [0.05, 0.1) is 0 Å². The van der Waals surface area contributed by atoms with Crippen LogP contribution in [-0.2, 0) is 9.59 Å². The normalized spacial score (nSPS) is 1.78. The first-order valence-electron chi connectivity index (χ1n) is 0.855. The van der Waals surface area contributed by atoms with Crippen LogP contribution in [0.25, 0.3) is 10.8 Å². The van der Waals surface area contributed by atoms with Gasteiger partial charge in [-0.1, -0.05) is 0 Å². The van der Waals surface area contributed by atoms with E-state index in [1.807, 2.05) is 0 Å². The lowest BCUT2D eigenvalue weighted by Crippen LogP contribution is -1.13. The number of nitrogens with zero attached hydrogens (tertiary/aromatic N) is 2. The van der Waals surface area contributed by atoms with E-state index in [1.54, 1.807) is 0 Å². The number of rotatable bonds is 0. The number of hydrogen-bond donors (Lipinski definition) is 0. The monoisotopic (exact) mass is 184 g/mol. The van der Waals surface area contributed by atoms with Crippen LogP contribution in [0.2, 0.25) is 0 Å². The Morgan fingerprint density at radius 1 is 0.889 bits per heavy atom. The van der Waals surface area contributed by atoms with Crippen LogP contribution < -0.4 is 0 Å². The van der Waals surface area contributed by atoms with Crippen molar-refractivity contribution in [2.45, 2.75) is 0 Å². The smallest absolute Gasteiger partial charge is 0 e. The molecule has 4 nitrogen and oxygen atoms in total. The molecule has 0 amide bonds. The molecule has 0 N–H and O–H groups in total. The van der Waals surface area contributed by atoms with Gasteiger partial charge in [0.25, 0.3) is 0 Å². The molecule has 4 radical (unpaired) electrons. The van der Waals surface area contributed by atoms with Crippen molar-refractivity contribution in [3.8, 4) is 0 Å². The predicted molar refractivity (Wildman–Crippen MR) is 38.4 cm³/mol. The molecule has 0 aliphatic rings. The Balaban J connectivity index is -0.00000000889. The van der Waals surface area contributed by atoms with Gasteiger partial charge in [-0.05, 0) is 12.2 Å². The van der Waals surface area contributed by atoms with E-state index in [0.29, 0.717) is 12.2 Å². The molecule has 0 rings (SSSR count). The van der Waals surface area contributed by atoms with Crippen LogP contribution in [0, 0.1) is 0 Å². The number of halogens is 2. The summed E-state index contributed by atoms with van der Waals surface area (Å²) >= 11 is 0. The number of hydrogen-bond acceptors (Lipinski definition) is 2. The summed E-state index contributed by atoms with van der Waals surface area (Å²) in [5.41, 5.74) is 0. The van der Waals surface area contributed by atoms with Crippen molar-refractivity contribution in [2.75, 3.05) is 0 Å². The minimum Gasteiger partial charge on any atom is -0.724 e. The van der Waals surface area contributed by atoms with Crippen LogP contribution in [-0.4, -0.2) is 23.1 Å². The van der Waals surface area contributed by atoms with Gasteiger partial charge in [-0.15, -0.1) is 24.8 Å². The molecular weight excluding hydrogens is 183 g/mol. The second-order valence-electron chi connectivity index (χ2n) is 0.183. The molecule has 0 saturated heterocycles. The van der Waals surface area contributed by atoms with Crippen LogP contribution in [0.4, 0.5) is 0 Å². The molecule has 0 saturated carbocycles. The molecular formula is C2H2Cl2N2O2Si-2. The second kappa shape index (κ2) is 134. The zero-order valence-electron chi connectivity index (χ0n) is 4.03. The summed E-state index contributed by atoms with van der Waals surface area (Å²) in [6.45, 7) is 0. The van der Waals surface area contributed by atoms with Gasteiger partial charge in [-0.3, -0.25) is 9.59 Å². The Morgan fingerprint density at radius 2 is 0.889 bits per heavy atom. The van der Waals surface area contributed by atoms with Crippen LogP contribution in [0.1, 0.15) is 0 Å². The zero-order valence-corrected chi connectivity index (χ0v) is 6.66. The Morgan fingerprint density at radius 3 is 0.889 bits per heavy atom. The Bertz CT molecular complexity index is 74.6. The van der Waals surface area contributed by atoms with Gasteiger partial charge in [-0.2, -0.15) is 0 Å². The van der Waals surface area contributed by atoms with Gasteiger partial charge in [0.1, 0.15) is 0 Å². The third-order valence-electron chi connectivity index (χ3n) is 0. The molecule has 0 fully saturated rings. The largest absolute Gasteiger partial charge is 0.724 e. The molecule has 0 aromatic rings. The lowest BCUT2D eigenvalue weighted by atomic mass is 11.7. The highest BCUT2D eigenvalue weighted by atomic mass is 35.5. The summed E-state index contributed by atoms with van der Waals surface area (Å²) in [7, 11) is 0. The molecule has 0 atom stereocenters. The molecule has 0 aromatic heterocycles. The molecule has 7 heteroatoms. The van der Waals surface area contributed by atoms with Gasteiger partial charge in [-0.25, -0.2) is 0 Å². The van der Waals surface area contributed by atoms with E-state index in [1.165, 1.54) is 0 Å². The van der Waals surface area contributed by atoms with E-state index >= 15 is 0 Å². The van der Waals surface area contributed by atoms with Crippen molar-refractivity contribution in [2.24, 2.45) is 0 Å². The standard InChI is InChI=1S/2CNO.2ClH.Si/c2*2-1-3;;;/h;;2*1H;/q2*-1;;;. The summed E-state index contributed by atoms with van der Waals surface area (Å²) in [5, 5.41) is 13.5. The van der Waals surface area contributed by atoms with Gasteiger partial charge in [0.15, 0.2) is 0 Å². The van der Waals surface area contributed by atoms with Crippen molar-refractivity contribution in [1.29, 1.82) is 0 Å². The van der Waals surface area contributed by atoms with Crippen molar-refractivity contribution in [1.82, 2.24) is 0 Å². The SMILES string of the molecule is Cl.Cl.[N-]=C=O.[N-]=C=O.[Si]. The fourth-order valence-corrected chi connectivity index (χ4v) is 0. The van der Waals surface area contributed by atoms with Gasteiger partial charge < -0.3 is 10.8 Å². The van der Waals surface area contributed by atoms with Crippen LogP contribution >= 0.6 is 24.8 Å². The third kappa shape index (κ3) is 1190. The van der Waals surface area contributed by atoms with E-state index in [4.69, 9.17) is 20.4 Å². The van der Waals surface area contributed by atoms with E-state index in [2.05, 4.69) is 0 Å². The average molecular weight is 185 g/mol. The summed E-state index contributed by atoms with van der Waals surface area (Å²) in [5.74, 6) is 0. The zero-order chi connectivity index (χ0) is 5.41. The molecule has 0 aromatic carbocycles. The predicted octanol–water partition coefficient (Wildman–Crippen LogP) is 0.246. The molecule has 0 aliphatic heterocycles. The van der Waals surface area contributed by atoms with Crippen molar-refractivity contribution in [3.05, 3.63) is 10.8 Å². The molecule has 52 valence electrons. The lowest BCUT2D eigenvalue weighted by Gasteiger charge is -1.32. The maximum absolute atomic E-state index is 8.24. The molecule has 0 spiro atoms. The van der Waals surface area contributed by atoms with E-state index in [-0.39, 0.29) is 35.8 Å². The van der Waals surface area contributed by atoms with Crippen molar-refractivity contribution < 1.29 is 9.59 Å². The van der Waals surface area contributed by atoms with Crippen LogP contribution in [0.15, 0.2) is 0 Å². The maximum atomic E-state index is 8.24. The second-order valence-corrected chi connectivity index (χ2v) is 0.183. The fourth-order valence-electron chi connectivity index (χ4n) is 0. The minimum atomic E-state index is 0. The molecule has 9 heavy (non-hydrogen) atoms. The first kappa shape index (κ1) is 38.6. The molecule has 0 bridgehead atoms. The van der Waals surface area contributed by atoms with Gasteiger partial charge in [0.2, 0.25) is 0 Å².